The Morgan fingerprint density at radius 1 is 1.42 bits per heavy atom. The zero-order chi connectivity index (χ0) is 13.3. The molecule has 3 rings (SSSR count). The highest BCUT2D eigenvalue weighted by atomic mass is 32.1. The van der Waals surface area contributed by atoms with Gasteiger partial charge in [0.25, 0.3) is 0 Å². The van der Waals surface area contributed by atoms with Gasteiger partial charge in [-0.2, -0.15) is 0 Å². The molecule has 1 nitrogen and oxygen atoms in total. The van der Waals surface area contributed by atoms with Crippen LogP contribution in [0.15, 0.2) is 17.5 Å². The highest BCUT2D eigenvalue weighted by molar-refractivity contribution is 7.09. The molecule has 2 heteroatoms. The molecule has 2 aliphatic rings. The Balaban J connectivity index is 1.69. The van der Waals surface area contributed by atoms with E-state index in [2.05, 4.69) is 36.7 Å². The Morgan fingerprint density at radius 2 is 2.32 bits per heavy atom. The second kappa shape index (κ2) is 5.57. The van der Waals surface area contributed by atoms with Crippen molar-refractivity contribution in [3.05, 3.63) is 22.4 Å². The molecule has 106 valence electrons. The normalized spacial score (nSPS) is 33.4. The minimum Gasteiger partial charge on any atom is -0.316 e. The van der Waals surface area contributed by atoms with Crippen molar-refractivity contribution in [2.45, 2.75) is 46.0 Å². The van der Waals surface area contributed by atoms with Gasteiger partial charge < -0.3 is 5.32 Å². The molecule has 2 bridgehead atoms. The summed E-state index contributed by atoms with van der Waals surface area (Å²) in [6, 6.07) is 4.54. The summed E-state index contributed by atoms with van der Waals surface area (Å²) in [5.41, 5.74) is 0.572. The summed E-state index contributed by atoms with van der Waals surface area (Å²) in [6.45, 7) is 7.02. The van der Waals surface area contributed by atoms with Crippen molar-refractivity contribution in [1.82, 2.24) is 5.32 Å². The fourth-order valence-corrected chi connectivity index (χ4v) is 5.28. The zero-order valence-electron chi connectivity index (χ0n) is 12.3. The number of hydrogen-bond acceptors (Lipinski definition) is 2. The molecule has 0 aliphatic heterocycles. The molecular formula is C17H27NS. The average Bonchev–Trinajstić information content (AvgIpc) is 3.04. The van der Waals surface area contributed by atoms with Gasteiger partial charge >= 0.3 is 0 Å². The Morgan fingerprint density at radius 3 is 2.89 bits per heavy atom. The van der Waals surface area contributed by atoms with E-state index in [1.165, 1.54) is 45.2 Å². The molecular weight excluding hydrogens is 250 g/mol. The molecule has 1 aromatic rings. The summed E-state index contributed by atoms with van der Waals surface area (Å²) in [6.07, 6.45) is 7.28. The standard InChI is InChI=1S/C17H27NS/c1-13(2)11-18-12-17(10-16-4-3-7-19-16)9-14-5-6-15(17)8-14/h3-4,7,13-15,18H,5-6,8-12H2,1-2H3. The predicted molar refractivity (Wildman–Crippen MR) is 83.6 cm³/mol. The summed E-state index contributed by atoms with van der Waals surface area (Å²) in [5.74, 6) is 2.78. The van der Waals surface area contributed by atoms with Crippen molar-refractivity contribution in [1.29, 1.82) is 0 Å². The van der Waals surface area contributed by atoms with E-state index in [1.54, 1.807) is 4.88 Å². The van der Waals surface area contributed by atoms with Crippen LogP contribution in [0.3, 0.4) is 0 Å². The zero-order valence-corrected chi connectivity index (χ0v) is 13.1. The van der Waals surface area contributed by atoms with Gasteiger partial charge in [0.05, 0.1) is 0 Å². The topological polar surface area (TPSA) is 12.0 Å². The molecule has 2 aliphatic carbocycles. The van der Waals surface area contributed by atoms with Crippen LogP contribution in [-0.2, 0) is 6.42 Å². The van der Waals surface area contributed by atoms with Crippen LogP contribution in [0.4, 0.5) is 0 Å². The van der Waals surface area contributed by atoms with Crippen LogP contribution in [0, 0.1) is 23.2 Å². The quantitative estimate of drug-likeness (QED) is 0.815. The first-order valence-electron chi connectivity index (χ1n) is 7.91. The average molecular weight is 277 g/mol. The molecule has 2 fully saturated rings. The molecule has 0 aromatic carbocycles. The van der Waals surface area contributed by atoms with E-state index in [9.17, 15) is 0 Å². The van der Waals surface area contributed by atoms with Crippen molar-refractivity contribution >= 4 is 11.3 Å². The van der Waals surface area contributed by atoms with Gasteiger partial charge in [0.15, 0.2) is 0 Å². The maximum atomic E-state index is 3.77. The third kappa shape index (κ3) is 2.90. The van der Waals surface area contributed by atoms with Gasteiger partial charge in [0.2, 0.25) is 0 Å². The second-order valence-electron chi connectivity index (χ2n) is 7.22. The van der Waals surface area contributed by atoms with Crippen molar-refractivity contribution in [3.8, 4) is 0 Å². The first-order valence-corrected chi connectivity index (χ1v) is 8.79. The van der Waals surface area contributed by atoms with Crippen LogP contribution < -0.4 is 5.32 Å². The Kier molecular flexibility index (Phi) is 4.00. The summed E-state index contributed by atoms with van der Waals surface area (Å²) < 4.78 is 0. The summed E-state index contributed by atoms with van der Waals surface area (Å²) >= 11 is 1.95. The Labute approximate surface area is 121 Å². The van der Waals surface area contributed by atoms with Gasteiger partial charge in [-0.25, -0.2) is 0 Å². The lowest BCUT2D eigenvalue weighted by molar-refractivity contribution is 0.156. The lowest BCUT2D eigenvalue weighted by Crippen LogP contribution is -2.41. The highest BCUT2D eigenvalue weighted by Crippen LogP contribution is 2.57. The molecule has 0 saturated heterocycles. The molecule has 1 N–H and O–H groups in total. The molecule has 19 heavy (non-hydrogen) atoms. The van der Waals surface area contributed by atoms with Gasteiger partial charge in [0.1, 0.15) is 0 Å². The van der Waals surface area contributed by atoms with E-state index in [-0.39, 0.29) is 0 Å². The van der Waals surface area contributed by atoms with Crippen molar-refractivity contribution < 1.29 is 0 Å². The molecule has 3 atom stereocenters. The van der Waals surface area contributed by atoms with Gasteiger partial charge in [-0.1, -0.05) is 26.3 Å². The number of thiophene rings is 1. The van der Waals surface area contributed by atoms with Crippen LogP contribution in [0.2, 0.25) is 0 Å². The monoisotopic (exact) mass is 277 g/mol. The maximum absolute atomic E-state index is 3.77. The third-order valence-corrected chi connectivity index (χ3v) is 6.11. The van der Waals surface area contributed by atoms with E-state index in [4.69, 9.17) is 0 Å². The van der Waals surface area contributed by atoms with Crippen LogP contribution in [0.1, 0.15) is 44.4 Å². The summed E-state index contributed by atoms with van der Waals surface area (Å²) in [5, 5.41) is 6.00. The van der Waals surface area contributed by atoms with Gasteiger partial charge in [-0.05, 0) is 66.8 Å². The first-order chi connectivity index (χ1) is 9.18. The molecule has 1 aromatic heterocycles. The van der Waals surface area contributed by atoms with Crippen molar-refractivity contribution in [3.63, 3.8) is 0 Å². The first kappa shape index (κ1) is 13.6. The Bertz CT molecular complexity index is 397. The van der Waals surface area contributed by atoms with Crippen LogP contribution in [-0.4, -0.2) is 13.1 Å². The molecule has 0 amide bonds. The largest absolute Gasteiger partial charge is 0.316 e. The molecule has 3 unspecified atom stereocenters. The lowest BCUT2D eigenvalue weighted by atomic mass is 9.70. The minimum absolute atomic E-state index is 0.572. The number of fused-ring (bicyclic) bond motifs is 2. The second-order valence-corrected chi connectivity index (χ2v) is 8.26. The minimum atomic E-state index is 0.572. The highest BCUT2D eigenvalue weighted by Gasteiger charge is 2.50. The van der Waals surface area contributed by atoms with Gasteiger partial charge in [0, 0.05) is 11.4 Å². The van der Waals surface area contributed by atoms with Crippen LogP contribution >= 0.6 is 11.3 Å². The summed E-state index contributed by atoms with van der Waals surface area (Å²) in [4.78, 5) is 1.60. The lowest BCUT2D eigenvalue weighted by Gasteiger charge is -2.38. The predicted octanol–water partition coefficient (Wildman–Crippen LogP) is 4.34. The van der Waals surface area contributed by atoms with E-state index < -0.39 is 0 Å². The van der Waals surface area contributed by atoms with E-state index in [0.29, 0.717) is 5.41 Å². The molecule has 0 radical (unpaired) electrons. The molecule has 2 saturated carbocycles. The molecule has 0 spiro atoms. The number of nitrogens with one attached hydrogen (secondary N) is 1. The third-order valence-electron chi connectivity index (χ3n) is 5.24. The summed E-state index contributed by atoms with van der Waals surface area (Å²) in [7, 11) is 0. The van der Waals surface area contributed by atoms with E-state index in [1.807, 2.05) is 11.3 Å². The number of hydrogen-bond donors (Lipinski definition) is 1. The van der Waals surface area contributed by atoms with Gasteiger partial charge in [-0.15, -0.1) is 11.3 Å². The maximum Gasteiger partial charge on any atom is 0.00513 e. The Hall–Kier alpha value is -0.340. The smallest absolute Gasteiger partial charge is 0.00513 e. The fourth-order valence-electron chi connectivity index (χ4n) is 4.42. The van der Waals surface area contributed by atoms with E-state index >= 15 is 0 Å². The van der Waals surface area contributed by atoms with Crippen molar-refractivity contribution in [2.24, 2.45) is 23.2 Å². The van der Waals surface area contributed by atoms with E-state index in [0.717, 1.165) is 17.8 Å². The fraction of sp³-hybridized carbons (Fsp3) is 0.765. The SMILES string of the molecule is CC(C)CNCC1(Cc2cccs2)CC2CCC1C2. The van der Waals surface area contributed by atoms with Crippen LogP contribution in [0.25, 0.3) is 0 Å². The van der Waals surface area contributed by atoms with Crippen LogP contribution in [0.5, 0.6) is 0 Å². The van der Waals surface area contributed by atoms with Crippen molar-refractivity contribution in [2.75, 3.05) is 13.1 Å². The number of rotatable bonds is 6. The molecule has 1 heterocycles. The van der Waals surface area contributed by atoms with Gasteiger partial charge in [-0.3, -0.25) is 0 Å².